The van der Waals surface area contributed by atoms with E-state index in [9.17, 15) is 9.59 Å². The molecule has 0 aliphatic carbocycles. The van der Waals surface area contributed by atoms with Gasteiger partial charge < -0.3 is 15.4 Å². The maximum absolute atomic E-state index is 11.8. The van der Waals surface area contributed by atoms with Crippen molar-refractivity contribution in [3.8, 4) is 0 Å². The molecule has 1 saturated heterocycles. The molecule has 1 aliphatic heterocycles. The fourth-order valence-electron chi connectivity index (χ4n) is 1.91. The van der Waals surface area contributed by atoms with Gasteiger partial charge >= 0.3 is 5.97 Å². The van der Waals surface area contributed by atoms with Gasteiger partial charge in [0.05, 0.1) is 19.1 Å². The first-order valence-electron chi connectivity index (χ1n) is 5.72. The van der Waals surface area contributed by atoms with Crippen LogP contribution < -0.4 is 5.73 Å². The second-order valence-electron chi connectivity index (χ2n) is 4.14. The predicted octanol–water partition coefficient (Wildman–Crippen LogP) is 0.135. The third-order valence-electron chi connectivity index (χ3n) is 3.10. The van der Waals surface area contributed by atoms with Gasteiger partial charge in [0.25, 0.3) is 0 Å². The first-order valence-corrected chi connectivity index (χ1v) is 5.72. The molecule has 0 bridgehead atoms. The second kappa shape index (κ2) is 5.84. The Hall–Kier alpha value is -1.10. The van der Waals surface area contributed by atoms with Crippen molar-refractivity contribution >= 4 is 11.9 Å². The molecular formula is C11H20N2O3. The van der Waals surface area contributed by atoms with Crippen molar-refractivity contribution in [2.75, 3.05) is 20.2 Å². The number of piperidine rings is 1. The molecule has 92 valence electrons. The number of nitrogens with zero attached hydrogens (tertiary/aromatic N) is 1. The van der Waals surface area contributed by atoms with Crippen LogP contribution in [0.15, 0.2) is 0 Å². The largest absolute Gasteiger partial charge is 0.469 e. The summed E-state index contributed by atoms with van der Waals surface area (Å²) < 4.78 is 4.69. The number of hydrogen-bond acceptors (Lipinski definition) is 4. The molecule has 0 saturated carbocycles. The summed E-state index contributed by atoms with van der Waals surface area (Å²) in [5.41, 5.74) is 5.69. The first kappa shape index (κ1) is 13.0. The van der Waals surface area contributed by atoms with Gasteiger partial charge in [-0.2, -0.15) is 0 Å². The molecule has 1 aliphatic rings. The molecule has 5 nitrogen and oxygen atoms in total. The quantitative estimate of drug-likeness (QED) is 0.697. The molecule has 1 amide bonds. The molecular weight excluding hydrogens is 208 g/mol. The van der Waals surface area contributed by atoms with Crippen molar-refractivity contribution in [1.82, 2.24) is 4.90 Å². The van der Waals surface area contributed by atoms with Crippen molar-refractivity contribution in [2.24, 2.45) is 11.7 Å². The number of carbonyl (C=O) groups is 2. The summed E-state index contributed by atoms with van der Waals surface area (Å²) in [5.74, 6) is -0.246. The van der Waals surface area contributed by atoms with Gasteiger partial charge in [0, 0.05) is 13.1 Å². The van der Waals surface area contributed by atoms with Crippen LogP contribution in [-0.2, 0) is 14.3 Å². The van der Waals surface area contributed by atoms with E-state index < -0.39 is 6.04 Å². The fraction of sp³-hybridized carbons (Fsp3) is 0.818. The molecule has 0 unspecified atom stereocenters. The molecule has 1 fully saturated rings. The van der Waals surface area contributed by atoms with Gasteiger partial charge in [-0.25, -0.2) is 0 Å². The third kappa shape index (κ3) is 2.95. The Morgan fingerprint density at radius 3 is 2.44 bits per heavy atom. The molecule has 0 spiro atoms. The second-order valence-corrected chi connectivity index (χ2v) is 4.14. The highest BCUT2D eigenvalue weighted by atomic mass is 16.5. The summed E-state index contributed by atoms with van der Waals surface area (Å²) in [6.07, 6.45) is 2.00. The Morgan fingerprint density at radius 1 is 1.44 bits per heavy atom. The predicted molar refractivity (Wildman–Crippen MR) is 59.6 cm³/mol. The number of esters is 1. The Kier molecular flexibility index (Phi) is 4.73. The van der Waals surface area contributed by atoms with E-state index in [-0.39, 0.29) is 17.8 Å². The van der Waals surface area contributed by atoms with Crippen LogP contribution in [0.3, 0.4) is 0 Å². The molecule has 5 heteroatoms. The summed E-state index contributed by atoms with van der Waals surface area (Å²) in [6, 6.07) is -0.408. The number of rotatable bonds is 3. The Labute approximate surface area is 95.9 Å². The molecule has 16 heavy (non-hydrogen) atoms. The lowest BCUT2D eigenvalue weighted by Gasteiger charge is -2.32. The van der Waals surface area contributed by atoms with Crippen LogP contribution in [0.1, 0.15) is 26.2 Å². The van der Waals surface area contributed by atoms with Crippen molar-refractivity contribution in [1.29, 1.82) is 0 Å². The van der Waals surface area contributed by atoms with Gasteiger partial charge in [-0.1, -0.05) is 6.92 Å². The van der Waals surface area contributed by atoms with Crippen LogP contribution in [0.2, 0.25) is 0 Å². The van der Waals surface area contributed by atoms with Gasteiger partial charge in [0.2, 0.25) is 5.91 Å². The fourth-order valence-corrected chi connectivity index (χ4v) is 1.91. The molecule has 2 N–H and O–H groups in total. The number of hydrogen-bond donors (Lipinski definition) is 1. The number of likely N-dealkylation sites (tertiary alicyclic amines) is 1. The van der Waals surface area contributed by atoms with Crippen molar-refractivity contribution in [3.05, 3.63) is 0 Å². The van der Waals surface area contributed by atoms with Gasteiger partial charge in [-0.3, -0.25) is 9.59 Å². The Morgan fingerprint density at radius 2 is 2.00 bits per heavy atom. The number of amides is 1. The van der Waals surface area contributed by atoms with E-state index in [0.29, 0.717) is 32.4 Å². The van der Waals surface area contributed by atoms with Gasteiger partial charge in [-0.15, -0.1) is 0 Å². The van der Waals surface area contributed by atoms with E-state index in [1.54, 1.807) is 4.90 Å². The minimum absolute atomic E-state index is 0.00850. The molecule has 0 aromatic carbocycles. The average Bonchev–Trinajstić information content (AvgIpc) is 2.36. The molecule has 1 rings (SSSR count). The van der Waals surface area contributed by atoms with Crippen molar-refractivity contribution in [3.63, 3.8) is 0 Å². The lowest BCUT2D eigenvalue weighted by molar-refractivity contribution is -0.149. The van der Waals surface area contributed by atoms with Crippen LogP contribution in [-0.4, -0.2) is 43.0 Å². The SMILES string of the molecule is CC[C@H](N)C(=O)N1CCC(C(=O)OC)CC1. The molecule has 0 radical (unpaired) electrons. The topological polar surface area (TPSA) is 72.6 Å². The zero-order valence-corrected chi connectivity index (χ0v) is 9.94. The van der Waals surface area contributed by atoms with Crippen molar-refractivity contribution in [2.45, 2.75) is 32.2 Å². The lowest BCUT2D eigenvalue weighted by atomic mass is 9.96. The van der Waals surface area contributed by atoms with E-state index in [1.165, 1.54) is 7.11 Å². The van der Waals surface area contributed by atoms with Crippen LogP contribution in [0.25, 0.3) is 0 Å². The lowest BCUT2D eigenvalue weighted by Crippen LogP contribution is -2.47. The highest BCUT2D eigenvalue weighted by Gasteiger charge is 2.29. The summed E-state index contributed by atoms with van der Waals surface area (Å²) in [6.45, 7) is 3.10. The Balaban J connectivity index is 2.43. The number of nitrogens with two attached hydrogens (primary N) is 1. The average molecular weight is 228 g/mol. The van der Waals surface area contributed by atoms with Gasteiger partial charge in [-0.05, 0) is 19.3 Å². The Bertz CT molecular complexity index is 260. The van der Waals surface area contributed by atoms with E-state index >= 15 is 0 Å². The minimum atomic E-state index is -0.408. The summed E-state index contributed by atoms with van der Waals surface area (Å²) >= 11 is 0. The highest BCUT2D eigenvalue weighted by Crippen LogP contribution is 2.18. The van der Waals surface area contributed by atoms with E-state index in [1.807, 2.05) is 6.92 Å². The van der Waals surface area contributed by atoms with Crippen LogP contribution >= 0.6 is 0 Å². The highest BCUT2D eigenvalue weighted by molar-refractivity contribution is 5.82. The van der Waals surface area contributed by atoms with Crippen LogP contribution in [0.4, 0.5) is 0 Å². The minimum Gasteiger partial charge on any atom is -0.469 e. The normalized spacial score (nSPS) is 19.3. The third-order valence-corrected chi connectivity index (χ3v) is 3.10. The maximum atomic E-state index is 11.8. The number of methoxy groups -OCH3 is 1. The summed E-state index contributed by atoms with van der Waals surface area (Å²) in [7, 11) is 1.40. The monoisotopic (exact) mass is 228 g/mol. The number of carbonyl (C=O) groups excluding carboxylic acids is 2. The van der Waals surface area contributed by atoms with Crippen LogP contribution in [0, 0.1) is 5.92 Å². The van der Waals surface area contributed by atoms with Gasteiger partial charge in [0.1, 0.15) is 0 Å². The van der Waals surface area contributed by atoms with Crippen molar-refractivity contribution < 1.29 is 14.3 Å². The maximum Gasteiger partial charge on any atom is 0.308 e. The molecule has 0 aromatic heterocycles. The van der Waals surface area contributed by atoms with Gasteiger partial charge in [0.15, 0.2) is 0 Å². The summed E-state index contributed by atoms with van der Waals surface area (Å²) in [5, 5.41) is 0. The standard InChI is InChI=1S/C11H20N2O3/c1-3-9(12)10(14)13-6-4-8(5-7-13)11(15)16-2/h8-9H,3-7,12H2,1-2H3/t9-/m0/s1. The molecule has 1 atom stereocenters. The van der Waals surface area contributed by atoms with E-state index in [0.717, 1.165) is 0 Å². The summed E-state index contributed by atoms with van der Waals surface area (Å²) in [4.78, 5) is 24.8. The molecule has 1 heterocycles. The van der Waals surface area contributed by atoms with Crippen LogP contribution in [0.5, 0.6) is 0 Å². The zero-order valence-electron chi connectivity index (χ0n) is 9.94. The van der Waals surface area contributed by atoms with E-state index in [2.05, 4.69) is 4.74 Å². The molecule has 0 aromatic rings. The number of ether oxygens (including phenoxy) is 1. The first-order chi connectivity index (χ1) is 7.60. The zero-order chi connectivity index (χ0) is 12.1. The van der Waals surface area contributed by atoms with E-state index in [4.69, 9.17) is 5.73 Å². The smallest absolute Gasteiger partial charge is 0.308 e.